The largest absolute Gasteiger partial charge is 0.305 e. The highest BCUT2D eigenvalue weighted by Gasteiger charge is 2.17. The predicted molar refractivity (Wildman–Crippen MR) is 68.6 cm³/mol. The Hall–Kier alpha value is 0.340. The third-order valence-corrected chi connectivity index (χ3v) is 4.03. The zero-order valence-corrected chi connectivity index (χ0v) is 11.7. The summed E-state index contributed by atoms with van der Waals surface area (Å²) < 4.78 is 0. The van der Waals surface area contributed by atoms with Gasteiger partial charge in [0, 0.05) is 6.54 Å². The Morgan fingerprint density at radius 1 is 0.867 bits per heavy atom. The second kappa shape index (κ2) is 5.11. The summed E-state index contributed by atoms with van der Waals surface area (Å²) in [5.41, 5.74) is 1.80. The molecule has 84 valence electrons. The maximum absolute atomic E-state index is 6.12. The summed E-state index contributed by atoms with van der Waals surface area (Å²) in [6, 6.07) is 0. The van der Waals surface area contributed by atoms with Crippen LogP contribution in [0.4, 0.5) is 0 Å². The molecule has 0 aliphatic heterocycles. The molecule has 1 rings (SSSR count). The summed E-state index contributed by atoms with van der Waals surface area (Å²) in [6.45, 7) is 2.57. The Kier molecular flexibility index (Phi) is 4.57. The molecule has 0 amide bonds. The molecule has 0 unspecified atom stereocenters. The summed E-state index contributed by atoms with van der Waals surface area (Å²) >= 11 is 24.1. The van der Waals surface area contributed by atoms with Crippen molar-refractivity contribution in [1.29, 1.82) is 0 Å². The monoisotopic (exact) mass is 285 g/mol. The molecule has 0 aliphatic carbocycles. The number of nitrogens with zero attached hydrogens (tertiary/aromatic N) is 1. The lowest BCUT2D eigenvalue weighted by atomic mass is 10.1. The van der Waals surface area contributed by atoms with E-state index >= 15 is 0 Å². The zero-order valence-electron chi connectivity index (χ0n) is 8.67. The second-order valence-corrected chi connectivity index (χ2v) is 5.11. The van der Waals surface area contributed by atoms with Crippen molar-refractivity contribution >= 4 is 46.4 Å². The molecular weight excluding hydrogens is 276 g/mol. The van der Waals surface area contributed by atoms with Gasteiger partial charge in [-0.1, -0.05) is 46.4 Å². The van der Waals surface area contributed by atoms with Gasteiger partial charge in [0.05, 0.1) is 20.1 Å². The van der Waals surface area contributed by atoms with Gasteiger partial charge in [-0.15, -0.1) is 0 Å². The summed E-state index contributed by atoms with van der Waals surface area (Å²) in [6.07, 6.45) is 0. The first-order chi connectivity index (χ1) is 6.86. The van der Waals surface area contributed by atoms with Crippen molar-refractivity contribution in [3.05, 3.63) is 31.2 Å². The van der Waals surface area contributed by atoms with Gasteiger partial charge < -0.3 is 4.90 Å². The zero-order chi connectivity index (χ0) is 11.7. The van der Waals surface area contributed by atoms with E-state index in [4.69, 9.17) is 46.4 Å². The maximum atomic E-state index is 6.12. The quantitative estimate of drug-likeness (QED) is 0.564. The van der Waals surface area contributed by atoms with Gasteiger partial charge in [-0.05, 0) is 32.1 Å². The van der Waals surface area contributed by atoms with Gasteiger partial charge in [0.25, 0.3) is 0 Å². The Morgan fingerprint density at radius 2 is 1.33 bits per heavy atom. The normalized spacial score (nSPS) is 11.2. The molecule has 0 atom stereocenters. The molecule has 0 saturated carbocycles. The fourth-order valence-electron chi connectivity index (χ4n) is 1.29. The lowest BCUT2D eigenvalue weighted by molar-refractivity contribution is 0.401. The maximum Gasteiger partial charge on any atom is 0.0797 e. The molecule has 5 heteroatoms. The van der Waals surface area contributed by atoms with E-state index in [0.717, 1.165) is 11.1 Å². The van der Waals surface area contributed by atoms with Gasteiger partial charge in [-0.3, -0.25) is 0 Å². The molecule has 1 aromatic rings. The van der Waals surface area contributed by atoms with Crippen LogP contribution in [0.25, 0.3) is 0 Å². The number of benzene rings is 1. The minimum Gasteiger partial charge on any atom is -0.305 e. The van der Waals surface area contributed by atoms with Crippen LogP contribution in [0.1, 0.15) is 11.1 Å². The van der Waals surface area contributed by atoms with E-state index in [1.165, 1.54) is 0 Å². The first kappa shape index (κ1) is 13.4. The summed E-state index contributed by atoms with van der Waals surface area (Å²) in [5.74, 6) is 0. The van der Waals surface area contributed by atoms with Gasteiger partial charge in [0.1, 0.15) is 0 Å². The van der Waals surface area contributed by atoms with Crippen LogP contribution in [-0.4, -0.2) is 19.0 Å². The van der Waals surface area contributed by atoms with E-state index in [2.05, 4.69) is 0 Å². The van der Waals surface area contributed by atoms with Crippen LogP contribution in [0.15, 0.2) is 0 Å². The van der Waals surface area contributed by atoms with Crippen LogP contribution in [0.3, 0.4) is 0 Å². The Labute approximate surface area is 110 Å². The van der Waals surface area contributed by atoms with Gasteiger partial charge in [-0.2, -0.15) is 0 Å². The topological polar surface area (TPSA) is 3.24 Å². The molecule has 0 radical (unpaired) electrons. The molecule has 0 bridgehead atoms. The predicted octanol–water partition coefficient (Wildman–Crippen LogP) is 4.67. The van der Waals surface area contributed by atoms with Gasteiger partial charge in [0.2, 0.25) is 0 Å². The van der Waals surface area contributed by atoms with Crippen LogP contribution < -0.4 is 0 Å². The van der Waals surface area contributed by atoms with Crippen LogP contribution in [-0.2, 0) is 6.54 Å². The van der Waals surface area contributed by atoms with Crippen molar-refractivity contribution < 1.29 is 0 Å². The van der Waals surface area contributed by atoms with E-state index < -0.39 is 0 Å². The standard InChI is InChI=1S/C10H11Cl4N/c1-5-6(4-15(2)3)8(12)10(14)9(13)7(5)11/h4H2,1-3H3. The molecule has 0 aliphatic rings. The highest BCUT2D eigenvalue weighted by molar-refractivity contribution is 6.52. The summed E-state index contributed by atoms with van der Waals surface area (Å²) in [4.78, 5) is 1.99. The number of hydrogen-bond acceptors (Lipinski definition) is 1. The number of rotatable bonds is 2. The minimum atomic E-state index is 0.323. The minimum absolute atomic E-state index is 0.323. The van der Waals surface area contributed by atoms with Crippen molar-refractivity contribution in [3.8, 4) is 0 Å². The molecule has 0 N–H and O–H groups in total. The smallest absolute Gasteiger partial charge is 0.0797 e. The molecule has 15 heavy (non-hydrogen) atoms. The van der Waals surface area contributed by atoms with E-state index in [-0.39, 0.29) is 0 Å². The molecule has 0 heterocycles. The average molecular weight is 287 g/mol. The molecular formula is C10H11Cl4N. The fourth-order valence-corrected chi connectivity index (χ4v) is 2.34. The van der Waals surface area contributed by atoms with E-state index in [1.54, 1.807) is 0 Å². The molecule has 0 fully saturated rings. The third-order valence-electron chi connectivity index (χ3n) is 2.10. The highest BCUT2D eigenvalue weighted by Crippen LogP contribution is 2.41. The SMILES string of the molecule is Cc1c(Cl)c(Cl)c(Cl)c(Cl)c1CN(C)C. The van der Waals surface area contributed by atoms with Crippen molar-refractivity contribution in [2.24, 2.45) is 0 Å². The molecule has 0 spiro atoms. The first-order valence-electron chi connectivity index (χ1n) is 4.32. The van der Waals surface area contributed by atoms with Gasteiger partial charge in [0.15, 0.2) is 0 Å². The fraction of sp³-hybridized carbons (Fsp3) is 0.400. The first-order valence-corrected chi connectivity index (χ1v) is 5.83. The summed E-state index contributed by atoms with van der Waals surface area (Å²) in [7, 11) is 3.90. The van der Waals surface area contributed by atoms with Crippen LogP contribution >= 0.6 is 46.4 Å². The van der Waals surface area contributed by atoms with Crippen molar-refractivity contribution in [2.75, 3.05) is 14.1 Å². The number of halogens is 4. The Morgan fingerprint density at radius 3 is 1.80 bits per heavy atom. The lowest BCUT2D eigenvalue weighted by Crippen LogP contribution is -2.12. The summed E-state index contributed by atoms with van der Waals surface area (Å²) in [5, 5.41) is 1.61. The van der Waals surface area contributed by atoms with Crippen molar-refractivity contribution in [2.45, 2.75) is 13.5 Å². The van der Waals surface area contributed by atoms with Crippen LogP contribution in [0.5, 0.6) is 0 Å². The lowest BCUT2D eigenvalue weighted by Gasteiger charge is -2.17. The third kappa shape index (κ3) is 2.72. The molecule has 0 aromatic heterocycles. The van der Waals surface area contributed by atoms with Gasteiger partial charge >= 0.3 is 0 Å². The molecule has 1 nitrogen and oxygen atoms in total. The Bertz CT molecular complexity index is 358. The van der Waals surface area contributed by atoms with Crippen molar-refractivity contribution in [3.63, 3.8) is 0 Å². The molecule has 0 saturated heterocycles. The Balaban J connectivity index is 3.39. The average Bonchev–Trinajstić information content (AvgIpc) is 2.18. The second-order valence-electron chi connectivity index (χ2n) is 3.60. The van der Waals surface area contributed by atoms with E-state index in [1.807, 2.05) is 25.9 Å². The van der Waals surface area contributed by atoms with Crippen LogP contribution in [0.2, 0.25) is 20.1 Å². The van der Waals surface area contributed by atoms with E-state index in [0.29, 0.717) is 26.6 Å². The highest BCUT2D eigenvalue weighted by atomic mass is 35.5. The van der Waals surface area contributed by atoms with Crippen molar-refractivity contribution in [1.82, 2.24) is 4.90 Å². The van der Waals surface area contributed by atoms with Gasteiger partial charge in [-0.25, -0.2) is 0 Å². The number of hydrogen-bond donors (Lipinski definition) is 0. The molecule has 1 aromatic carbocycles. The van der Waals surface area contributed by atoms with E-state index in [9.17, 15) is 0 Å². The van der Waals surface area contributed by atoms with Crippen LogP contribution in [0, 0.1) is 6.92 Å².